The third-order valence-electron chi connectivity index (χ3n) is 8.61. The van der Waals surface area contributed by atoms with Gasteiger partial charge in [-0.2, -0.15) is 0 Å². The van der Waals surface area contributed by atoms with Gasteiger partial charge in [0, 0.05) is 18.7 Å². The second kappa shape index (κ2) is 20.6. The summed E-state index contributed by atoms with van der Waals surface area (Å²) in [6.07, 6.45) is 11.7. The highest BCUT2D eigenvalue weighted by Crippen LogP contribution is 2.29. The van der Waals surface area contributed by atoms with Crippen LogP contribution in [0.4, 0.5) is 24.5 Å². The Balaban J connectivity index is 2.02. The number of amides is 3. The minimum absolute atomic E-state index is 0.150. The Morgan fingerprint density at radius 2 is 0.923 bits per heavy atom. The minimum atomic E-state index is -1.63. The molecule has 0 atom stereocenters. The van der Waals surface area contributed by atoms with Crippen molar-refractivity contribution in [3.05, 3.63) is 93.8 Å². The fraction of sp³-hybridized carbons (Fsp3) is 0.410. The standard InChI is InChI=1S/C39H46F3N3O7/c1-3-5-7-9-11-13-21-45(22-14-12-10-8-6-4-2)37(48)25-23-30(43-35(46)26-17-15-19-28(32(26)40)38(49)50)34(42)31(24-25)44-36(47)27-18-16-20-29(33(27)41)39(51)52/h15-20,23-24H,3-14,21-22H2,1-2H3,(H,43,46)(H,44,47)(H,49,50)(H,51,52). The Kier molecular flexibility index (Phi) is 16.3. The number of unbranched alkanes of at least 4 members (excludes halogenated alkanes) is 10. The van der Waals surface area contributed by atoms with E-state index in [1.54, 1.807) is 4.90 Å². The molecule has 0 aromatic heterocycles. The molecular formula is C39H46F3N3O7. The molecule has 13 heteroatoms. The maximum Gasteiger partial charge on any atom is 0.338 e. The predicted molar refractivity (Wildman–Crippen MR) is 192 cm³/mol. The second-order valence-corrected chi connectivity index (χ2v) is 12.6. The summed E-state index contributed by atoms with van der Waals surface area (Å²) < 4.78 is 46.0. The van der Waals surface area contributed by atoms with Gasteiger partial charge in [0.15, 0.2) is 5.82 Å². The maximum atomic E-state index is 16.1. The first-order chi connectivity index (χ1) is 24.9. The van der Waals surface area contributed by atoms with Crippen molar-refractivity contribution in [2.75, 3.05) is 23.7 Å². The first-order valence-electron chi connectivity index (χ1n) is 17.7. The number of carboxylic acids is 2. The van der Waals surface area contributed by atoms with Crippen LogP contribution in [0.15, 0.2) is 48.5 Å². The summed E-state index contributed by atoms with van der Waals surface area (Å²) >= 11 is 0. The lowest BCUT2D eigenvalue weighted by Gasteiger charge is -2.24. The molecule has 3 rings (SSSR count). The molecule has 0 fully saturated rings. The summed E-state index contributed by atoms with van der Waals surface area (Å²) in [5.74, 6) is -10.3. The number of benzene rings is 3. The van der Waals surface area contributed by atoms with Gasteiger partial charge in [0.2, 0.25) is 0 Å². The molecule has 0 aliphatic carbocycles. The first-order valence-corrected chi connectivity index (χ1v) is 17.7. The molecule has 0 aliphatic heterocycles. The molecule has 0 heterocycles. The van der Waals surface area contributed by atoms with E-state index in [9.17, 15) is 43.0 Å². The third kappa shape index (κ3) is 11.4. The zero-order valence-corrected chi connectivity index (χ0v) is 29.5. The summed E-state index contributed by atoms with van der Waals surface area (Å²) in [5.41, 5.74) is -4.48. The number of aromatic carboxylic acids is 2. The number of nitrogens with one attached hydrogen (secondary N) is 2. The number of rotatable bonds is 21. The second-order valence-electron chi connectivity index (χ2n) is 12.6. The molecule has 0 bridgehead atoms. The molecule has 4 N–H and O–H groups in total. The van der Waals surface area contributed by atoms with Crippen LogP contribution in [0.2, 0.25) is 0 Å². The van der Waals surface area contributed by atoms with Gasteiger partial charge in [0.1, 0.15) is 11.6 Å². The zero-order valence-electron chi connectivity index (χ0n) is 29.5. The van der Waals surface area contributed by atoms with Crippen molar-refractivity contribution in [2.24, 2.45) is 0 Å². The van der Waals surface area contributed by atoms with Gasteiger partial charge in [-0.3, -0.25) is 14.4 Å². The number of carbonyl (C=O) groups excluding carboxylic acids is 3. The number of carboxylic acid groups (broad SMARTS) is 2. The number of halogens is 3. The summed E-state index contributed by atoms with van der Waals surface area (Å²) in [7, 11) is 0. The van der Waals surface area contributed by atoms with Crippen LogP contribution in [0, 0.1) is 17.5 Å². The molecule has 0 saturated heterocycles. The van der Waals surface area contributed by atoms with Gasteiger partial charge in [-0.05, 0) is 49.2 Å². The molecular weight excluding hydrogens is 679 g/mol. The summed E-state index contributed by atoms with van der Waals surface area (Å²) in [6, 6.07) is 8.21. The molecule has 0 radical (unpaired) electrons. The Hall–Kier alpha value is -5.20. The highest BCUT2D eigenvalue weighted by molar-refractivity contribution is 6.09. The Morgan fingerprint density at radius 1 is 0.558 bits per heavy atom. The van der Waals surface area contributed by atoms with Crippen LogP contribution in [0.5, 0.6) is 0 Å². The monoisotopic (exact) mass is 725 g/mol. The number of anilines is 2. The molecule has 0 aliphatic rings. The fourth-order valence-corrected chi connectivity index (χ4v) is 5.72. The maximum absolute atomic E-state index is 16.1. The van der Waals surface area contributed by atoms with Gasteiger partial charge in [-0.25, -0.2) is 22.8 Å². The van der Waals surface area contributed by atoms with E-state index in [1.807, 2.05) is 0 Å². The molecule has 3 aromatic rings. The highest BCUT2D eigenvalue weighted by atomic mass is 19.1. The van der Waals surface area contributed by atoms with Gasteiger partial charge < -0.3 is 25.7 Å². The molecule has 0 saturated carbocycles. The summed E-state index contributed by atoms with van der Waals surface area (Å²) in [4.78, 5) is 65.0. The summed E-state index contributed by atoms with van der Waals surface area (Å²) in [5, 5.41) is 22.9. The number of hydrogen-bond acceptors (Lipinski definition) is 5. The highest BCUT2D eigenvalue weighted by Gasteiger charge is 2.26. The van der Waals surface area contributed by atoms with E-state index in [4.69, 9.17) is 0 Å². The van der Waals surface area contributed by atoms with E-state index in [-0.39, 0.29) is 5.56 Å². The number of nitrogens with zero attached hydrogens (tertiary/aromatic N) is 1. The SMILES string of the molecule is CCCCCCCCN(CCCCCCCC)C(=O)c1cc(NC(=O)c2cccc(C(=O)O)c2F)c(F)c(NC(=O)c2cccc(C(=O)O)c2F)c1. The van der Waals surface area contributed by atoms with Gasteiger partial charge in [0.05, 0.1) is 33.6 Å². The van der Waals surface area contributed by atoms with Crippen molar-refractivity contribution in [1.29, 1.82) is 0 Å². The van der Waals surface area contributed by atoms with Crippen molar-refractivity contribution in [3.63, 3.8) is 0 Å². The topological polar surface area (TPSA) is 153 Å². The third-order valence-corrected chi connectivity index (χ3v) is 8.61. The van der Waals surface area contributed by atoms with E-state index in [2.05, 4.69) is 24.5 Å². The van der Waals surface area contributed by atoms with Crippen LogP contribution in [0.1, 0.15) is 143 Å². The van der Waals surface area contributed by atoms with Crippen LogP contribution >= 0.6 is 0 Å². The lowest BCUT2D eigenvalue weighted by Crippen LogP contribution is -2.33. The first kappa shape index (κ1) is 41.2. The molecule has 280 valence electrons. The van der Waals surface area contributed by atoms with Crippen LogP contribution < -0.4 is 10.6 Å². The normalized spacial score (nSPS) is 10.9. The predicted octanol–water partition coefficient (Wildman–Crippen LogP) is 9.17. The average Bonchev–Trinajstić information content (AvgIpc) is 3.11. The van der Waals surface area contributed by atoms with Crippen molar-refractivity contribution in [2.45, 2.75) is 90.9 Å². The van der Waals surface area contributed by atoms with Crippen molar-refractivity contribution in [3.8, 4) is 0 Å². The largest absolute Gasteiger partial charge is 0.478 e. The van der Waals surface area contributed by atoms with E-state index in [0.717, 1.165) is 113 Å². The molecule has 0 unspecified atom stereocenters. The van der Waals surface area contributed by atoms with Crippen LogP contribution in [-0.2, 0) is 0 Å². The van der Waals surface area contributed by atoms with Crippen LogP contribution in [0.25, 0.3) is 0 Å². The van der Waals surface area contributed by atoms with E-state index >= 15 is 4.39 Å². The summed E-state index contributed by atoms with van der Waals surface area (Å²) in [6.45, 7) is 5.01. The number of hydrogen-bond donors (Lipinski definition) is 4. The minimum Gasteiger partial charge on any atom is -0.478 e. The van der Waals surface area contributed by atoms with Crippen molar-refractivity contribution in [1.82, 2.24) is 4.90 Å². The molecule has 10 nitrogen and oxygen atoms in total. The Bertz CT molecular complexity index is 1630. The molecule has 0 spiro atoms. The van der Waals surface area contributed by atoms with Gasteiger partial charge in [-0.15, -0.1) is 0 Å². The van der Waals surface area contributed by atoms with Crippen molar-refractivity contribution >= 4 is 41.0 Å². The van der Waals surface area contributed by atoms with Crippen LogP contribution in [-0.4, -0.2) is 57.9 Å². The lowest BCUT2D eigenvalue weighted by molar-refractivity contribution is 0.0680. The Morgan fingerprint density at radius 3 is 1.31 bits per heavy atom. The van der Waals surface area contributed by atoms with Gasteiger partial charge in [0.25, 0.3) is 17.7 Å². The van der Waals surface area contributed by atoms with Gasteiger partial charge in [-0.1, -0.05) is 90.2 Å². The van der Waals surface area contributed by atoms with Crippen LogP contribution in [0.3, 0.4) is 0 Å². The zero-order chi connectivity index (χ0) is 38.2. The molecule has 3 amide bonds. The van der Waals surface area contributed by atoms with Crippen molar-refractivity contribution < 1.29 is 47.4 Å². The molecule has 52 heavy (non-hydrogen) atoms. The van der Waals surface area contributed by atoms with E-state index in [0.29, 0.717) is 25.9 Å². The lowest BCUT2D eigenvalue weighted by atomic mass is 10.1. The van der Waals surface area contributed by atoms with E-state index < -0.39 is 80.7 Å². The van der Waals surface area contributed by atoms with E-state index in [1.165, 1.54) is 0 Å². The fourth-order valence-electron chi connectivity index (χ4n) is 5.72. The van der Waals surface area contributed by atoms with Gasteiger partial charge >= 0.3 is 11.9 Å². The smallest absolute Gasteiger partial charge is 0.338 e. The average molecular weight is 726 g/mol. The molecule has 3 aromatic carbocycles. The Labute approximate surface area is 301 Å². The number of carbonyl (C=O) groups is 5. The quantitative estimate of drug-likeness (QED) is 0.0799.